The van der Waals surface area contributed by atoms with Crippen LogP contribution in [-0.2, 0) is 11.3 Å². The van der Waals surface area contributed by atoms with Gasteiger partial charge in [0.15, 0.2) is 0 Å². The molecule has 0 spiro atoms. The summed E-state index contributed by atoms with van der Waals surface area (Å²) in [5.41, 5.74) is 0.259. The minimum absolute atomic E-state index is 0.0930. The summed E-state index contributed by atoms with van der Waals surface area (Å²) in [6.45, 7) is 9.07. The smallest absolute Gasteiger partial charge is 0.339 e. The Morgan fingerprint density at radius 1 is 1.50 bits per heavy atom. The average Bonchev–Trinajstić information content (AvgIpc) is 2.83. The molecule has 2 heterocycles. The van der Waals surface area contributed by atoms with Crippen molar-refractivity contribution >= 4 is 11.9 Å². The molecule has 1 saturated heterocycles. The summed E-state index contributed by atoms with van der Waals surface area (Å²) >= 11 is 0. The molecule has 0 radical (unpaired) electrons. The average molecular weight is 279 g/mol. The molecule has 0 saturated carbocycles. The van der Waals surface area contributed by atoms with Crippen LogP contribution in [0.4, 0.5) is 0 Å². The van der Waals surface area contributed by atoms with Crippen molar-refractivity contribution in [2.75, 3.05) is 6.54 Å². The molecule has 5 heteroatoms. The van der Waals surface area contributed by atoms with Crippen molar-refractivity contribution in [2.45, 2.75) is 40.7 Å². The van der Waals surface area contributed by atoms with Crippen molar-refractivity contribution in [3.8, 4) is 0 Å². The zero-order valence-electron chi connectivity index (χ0n) is 12.4. The van der Waals surface area contributed by atoms with E-state index in [1.165, 1.54) is 6.07 Å². The van der Waals surface area contributed by atoms with E-state index in [1.807, 2.05) is 0 Å². The molecule has 110 valence electrons. The first kappa shape index (κ1) is 14.6. The second kappa shape index (κ2) is 4.96. The number of hydrogen-bond acceptors (Lipinski definition) is 3. The predicted octanol–water partition coefficient (Wildman–Crippen LogP) is 2.68. The van der Waals surface area contributed by atoms with Crippen LogP contribution in [0.15, 0.2) is 10.5 Å². The van der Waals surface area contributed by atoms with Gasteiger partial charge in [-0.1, -0.05) is 20.8 Å². The zero-order valence-corrected chi connectivity index (χ0v) is 12.4. The van der Waals surface area contributed by atoms with Gasteiger partial charge in [0.2, 0.25) is 5.91 Å². The molecule has 20 heavy (non-hydrogen) atoms. The lowest BCUT2D eigenvalue weighted by atomic mass is 9.80. The quantitative estimate of drug-likeness (QED) is 0.923. The summed E-state index contributed by atoms with van der Waals surface area (Å²) in [7, 11) is 0. The van der Waals surface area contributed by atoms with E-state index in [1.54, 1.807) is 11.8 Å². The maximum absolute atomic E-state index is 12.0. The number of likely N-dealkylation sites (tertiary alicyclic amines) is 1. The van der Waals surface area contributed by atoms with Crippen molar-refractivity contribution in [3.05, 3.63) is 23.2 Å². The number of carbonyl (C=O) groups excluding carboxylic acids is 1. The van der Waals surface area contributed by atoms with Gasteiger partial charge < -0.3 is 14.4 Å². The summed E-state index contributed by atoms with van der Waals surface area (Å²) in [6, 6.07) is 1.51. The molecular formula is C15H21NO4. The van der Waals surface area contributed by atoms with Crippen LogP contribution in [0.25, 0.3) is 0 Å². The summed E-state index contributed by atoms with van der Waals surface area (Å²) < 4.78 is 5.43. The third-order valence-electron chi connectivity index (χ3n) is 3.99. The molecule has 0 bridgehead atoms. The molecule has 1 unspecified atom stereocenters. The summed E-state index contributed by atoms with van der Waals surface area (Å²) in [5, 5.41) is 9.00. The Hall–Kier alpha value is -1.78. The van der Waals surface area contributed by atoms with E-state index in [0.29, 0.717) is 36.9 Å². The number of carbonyl (C=O) groups is 2. The molecule has 0 aromatic carbocycles. The van der Waals surface area contributed by atoms with Crippen molar-refractivity contribution in [3.63, 3.8) is 0 Å². The first-order valence-electron chi connectivity index (χ1n) is 6.79. The third-order valence-corrected chi connectivity index (χ3v) is 3.99. The van der Waals surface area contributed by atoms with Crippen LogP contribution >= 0.6 is 0 Å². The number of aryl methyl sites for hydroxylation is 1. The number of carboxylic acid groups (broad SMARTS) is 1. The standard InChI is InChI=1S/C15H21NO4/c1-9-12(14(18)19)6-11(20-9)8-16-7-10(5-13(16)17)15(2,3)4/h6,10H,5,7-8H2,1-4H3,(H,18,19). The SMILES string of the molecule is Cc1oc(CN2CC(C(C)(C)C)CC2=O)cc1C(=O)O. The molecule has 1 aliphatic heterocycles. The number of amides is 1. The molecule has 1 aromatic heterocycles. The highest BCUT2D eigenvalue weighted by molar-refractivity contribution is 5.88. The summed E-state index contributed by atoms with van der Waals surface area (Å²) in [6.07, 6.45) is 0.551. The molecule has 0 aliphatic carbocycles. The van der Waals surface area contributed by atoms with Gasteiger partial charge in [-0.05, 0) is 24.3 Å². The normalized spacial score (nSPS) is 19.7. The van der Waals surface area contributed by atoms with Crippen LogP contribution in [0.5, 0.6) is 0 Å². The van der Waals surface area contributed by atoms with E-state index in [4.69, 9.17) is 9.52 Å². The molecular weight excluding hydrogens is 258 g/mol. The number of hydrogen-bond donors (Lipinski definition) is 1. The molecule has 5 nitrogen and oxygen atoms in total. The maximum atomic E-state index is 12.0. The summed E-state index contributed by atoms with van der Waals surface area (Å²) in [4.78, 5) is 24.8. The minimum atomic E-state index is -1.00. The number of nitrogens with zero attached hydrogens (tertiary/aromatic N) is 1. The monoisotopic (exact) mass is 279 g/mol. The van der Waals surface area contributed by atoms with E-state index >= 15 is 0 Å². The van der Waals surface area contributed by atoms with E-state index in [9.17, 15) is 9.59 Å². The van der Waals surface area contributed by atoms with Crippen molar-refractivity contribution in [1.29, 1.82) is 0 Å². The molecule has 1 aromatic rings. The fourth-order valence-electron chi connectivity index (χ4n) is 2.53. The lowest BCUT2D eigenvalue weighted by Gasteiger charge is -2.26. The Morgan fingerprint density at radius 3 is 2.60 bits per heavy atom. The van der Waals surface area contributed by atoms with Crippen LogP contribution < -0.4 is 0 Å². The van der Waals surface area contributed by atoms with Gasteiger partial charge in [0.25, 0.3) is 0 Å². The molecule has 1 fully saturated rings. The van der Waals surface area contributed by atoms with Gasteiger partial charge in [-0.3, -0.25) is 4.79 Å². The molecule has 2 rings (SSSR count). The van der Waals surface area contributed by atoms with E-state index in [-0.39, 0.29) is 16.9 Å². The number of aromatic carboxylic acids is 1. The zero-order chi connectivity index (χ0) is 15.1. The Labute approximate surface area is 118 Å². The highest BCUT2D eigenvalue weighted by atomic mass is 16.4. The van der Waals surface area contributed by atoms with Gasteiger partial charge in [0.05, 0.1) is 6.54 Å². The van der Waals surface area contributed by atoms with Crippen LogP contribution in [0.3, 0.4) is 0 Å². The van der Waals surface area contributed by atoms with Crippen LogP contribution in [0, 0.1) is 18.3 Å². The maximum Gasteiger partial charge on any atom is 0.339 e. The largest absolute Gasteiger partial charge is 0.478 e. The number of furan rings is 1. The van der Waals surface area contributed by atoms with Gasteiger partial charge in [-0.2, -0.15) is 0 Å². The van der Waals surface area contributed by atoms with Gasteiger partial charge in [-0.15, -0.1) is 0 Å². The first-order chi connectivity index (χ1) is 9.18. The number of carboxylic acids is 1. The molecule has 1 aliphatic rings. The Bertz CT molecular complexity index is 539. The Balaban J connectivity index is 2.09. The highest BCUT2D eigenvalue weighted by Crippen LogP contribution is 2.35. The van der Waals surface area contributed by atoms with Gasteiger partial charge in [0, 0.05) is 13.0 Å². The van der Waals surface area contributed by atoms with E-state index < -0.39 is 5.97 Å². The van der Waals surface area contributed by atoms with E-state index in [2.05, 4.69) is 20.8 Å². The Morgan fingerprint density at radius 2 is 2.15 bits per heavy atom. The second-order valence-corrected chi connectivity index (χ2v) is 6.53. The second-order valence-electron chi connectivity index (χ2n) is 6.53. The minimum Gasteiger partial charge on any atom is -0.478 e. The van der Waals surface area contributed by atoms with Crippen molar-refractivity contribution in [1.82, 2.24) is 4.90 Å². The lowest BCUT2D eigenvalue weighted by Crippen LogP contribution is -2.27. The first-order valence-corrected chi connectivity index (χ1v) is 6.79. The third kappa shape index (κ3) is 2.86. The summed E-state index contributed by atoms with van der Waals surface area (Å²) in [5.74, 6) is 0.341. The fourth-order valence-corrected chi connectivity index (χ4v) is 2.53. The van der Waals surface area contributed by atoms with Crippen LogP contribution in [-0.4, -0.2) is 28.4 Å². The van der Waals surface area contributed by atoms with Gasteiger partial charge >= 0.3 is 5.97 Å². The fraction of sp³-hybridized carbons (Fsp3) is 0.600. The Kier molecular flexibility index (Phi) is 3.63. The van der Waals surface area contributed by atoms with Crippen LogP contribution in [0.1, 0.15) is 49.1 Å². The topological polar surface area (TPSA) is 70.8 Å². The number of rotatable bonds is 3. The molecule has 1 amide bonds. The van der Waals surface area contributed by atoms with Crippen molar-refractivity contribution in [2.24, 2.45) is 11.3 Å². The van der Waals surface area contributed by atoms with E-state index in [0.717, 1.165) is 0 Å². The van der Waals surface area contributed by atoms with Gasteiger partial charge in [-0.25, -0.2) is 4.79 Å². The molecule has 1 atom stereocenters. The predicted molar refractivity (Wildman–Crippen MR) is 73.4 cm³/mol. The van der Waals surface area contributed by atoms with Gasteiger partial charge in [0.1, 0.15) is 17.1 Å². The highest BCUT2D eigenvalue weighted by Gasteiger charge is 2.37. The molecule has 1 N–H and O–H groups in total. The lowest BCUT2D eigenvalue weighted by molar-refractivity contribution is -0.128. The van der Waals surface area contributed by atoms with Crippen molar-refractivity contribution < 1.29 is 19.1 Å². The van der Waals surface area contributed by atoms with Crippen LogP contribution in [0.2, 0.25) is 0 Å².